The van der Waals surface area contributed by atoms with Gasteiger partial charge in [0.2, 0.25) is 6.41 Å². The fraction of sp³-hybridized carbons (Fsp3) is 0.286. The van der Waals surface area contributed by atoms with Crippen LogP contribution in [0, 0.1) is 5.82 Å². The number of pyridine rings is 3. The Hall–Kier alpha value is -9.31. The number of Topliss-reactive ketones (excluding diaryl/α,β-unsaturated/α-hetero) is 2. The highest BCUT2D eigenvalue weighted by Crippen LogP contribution is 2.35. The SMILES string of the molecule is CC(=O)c1c[nH]c2c(N(N)/C=C\N)ncc(F)c12.CCOc1ccccc1N1CCN(C=O)CC1.COc1cnc(-c2cc(CNCCc3ccncc3)[nH]n2)c2[nH]cc(C(=O)C(=O)N3CCN(C(NN)N(N)c4ccccc4)CC3)c12. The number of methoxy groups -OCH3 is 1. The van der Waals surface area contributed by atoms with E-state index in [0.717, 1.165) is 79.6 Å². The van der Waals surface area contributed by atoms with Gasteiger partial charge >= 0.3 is 0 Å². The molecule has 1 unspecified atom stereocenters. The topological polar surface area (TPSA) is 333 Å². The molecule has 2 aliphatic rings. The van der Waals surface area contributed by atoms with Crippen molar-refractivity contribution < 1.29 is 33.0 Å². The van der Waals surface area contributed by atoms with Crippen LogP contribution in [0.15, 0.2) is 122 Å². The van der Waals surface area contributed by atoms with Crippen molar-refractivity contribution in [2.75, 3.05) is 87.5 Å². The molecule has 1 atom stereocenters. The molecule has 26 heteroatoms. The zero-order valence-electron chi connectivity index (χ0n) is 45.8. The van der Waals surface area contributed by atoms with Crippen molar-refractivity contribution in [3.05, 3.63) is 151 Å². The lowest BCUT2D eigenvalue weighted by molar-refractivity contribution is -0.128. The molecular formula is C56H68FN19O6. The first-order chi connectivity index (χ1) is 39.9. The minimum absolute atomic E-state index is 0.174. The molecule has 8 aromatic rings. The van der Waals surface area contributed by atoms with Crippen molar-refractivity contribution in [3.63, 3.8) is 0 Å². The van der Waals surface area contributed by atoms with Gasteiger partial charge in [-0.15, -0.1) is 0 Å². The van der Waals surface area contributed by atoms with Crippen molar-refractivity contribution in [1.29, 1.82) is 0 Å². The summed E-state index contributed by atoms with van der Waals surface area (Å²) >= 11 is 0. The van der Waals surface area contributed by atoms with Gasteiger partial charge in [0.15, 0.2) is 23.7 Å². The van der Waals surface area contributed by atoms with Gasteiger partial charge in [-0.1, -0.05) is 30.3 Å². The van der Waals surface area contributed by atoms with Crippen molar-refractivity contribution in [2.45, 2.75) is 33.1 Å². The molecule has 10 rings (SSSR count). The molecule has 0 aliphatic carbocycles. The number of piperazine rings is 2. The zero-order valence-corrected chi connectivity index (χ0v) is 45.8. The Morgan fingerprint density at radius 1 is 0.866 bits per heavy atom. The van der Waals surface area contributed by atoms with Gasteiger partial charge < -0.3 is 45.2 Å². The van der Waals surface area contributed by atoms with Crippen LogP contribution >= 0.6 is 0 Å². The predicted octanol–water partition coefficient (Wildman–Crippen LogP) is 3.52. The zero-order chi connectivity index (χ0) is 58.1. The molecule has 0 bridgehead atoms. The van der Waals surface area contributed by atoms with E-state index >= 15 is 0 Å². The summed E-state index contributed by atoms with van der Waals surface area (Å²) in [5, 5.41) is 14.3. The Morgan fingerprint density at radius 3 is 2.26 bits per heavy atom. The summed E-state index contributed by atoms with van der Waals surface area (Å²) in [6.45, 7) is 10.3. The normalized spacial score (nSPS) is 14.0. The summed E-state index contributed by atoms with van der Waals surface area (Å²) in [7, 11) is 1.50. The second-order valence-corrected chi connectivity index (χ2v) is 18.8. The van der Waals surface area contributed by atoms with E-state index in [0.29, 0.717) is 72.9 Å². The van der Waals surface area contributed by atoms with Crippen LogP contribution in [0.25, 0.3) is 33.2 Å². The summed E-state index contributed by atoms with van der Waals surface area (Å²) in [6.07, 6.45) is 13.0. The number of hydrogen-bond donors (Lipinski definition) is 9. The summed E-state index contributed by atoms with van der Waals surface area (Å²) in [5.41, 5.74) is 14.5. The second kappa shape index (κ2) is 28.2. The summed E-state index contributed by atoms with van der Waals surface area (Å²) in [6, 6.07) is 23.4. The highest BCUT2D eigenvalue weighted by molar-refractivity contribution is 6.45. The number of ketones is 2. The Morgan fingerprint density at radius 2 is 1.57 bits per heavy atom. The minimum Gasteiger partial charge on any atom is -0.494 e. The molecule has 13 N–H and O–H groups in total. The van der Waals surface area contributed by atoms with E-state index in [2.05, 4.69) is 56.8 Å². The molecular weight excluding hydrogens is 1050 g/mol. The number of hydrogen-bond acceptors (Lipinski definition) is 20. The fourth-order valence-corrected chi connectivity index (χ4v) is 9.55. The predicted molar refractivity (Wildman–Crippen MR) is 310 cm³/mol. The molecule has 0 radical (unpaired) electrons. The van der Waals surface area contributed by atoms with Gasteiger partial charge in [0.25, 0.3) is 11.7 Å². The number of anilines is 3. The van der Waals surface area contributed by atoms with Gasteiger partial charge in [-0.05, 0) is 74.8 Å². The average Bonchev–Trinajstić information content (AvgIpc) is 4.50. The number of carbonyl (C=O) groups is 4. The number of aromatic nitrogens is 7. The molecule has 6 aromatic heterocycles. The van der Waals surface area contributed by atoms with E-state index in [4.69, 9.17) is 32.7 Å². The largest absolute Gasteiger partial charge is 0.494 e. The number of nitrogens with two attached hydrogens (primary N) is 4. The number of benzene rings is 2. The standard InChI is InChI=1S/C32H38N12O3.C13H18N2O2.C11H12FN5O/c1-47-26-20-38-28(25-17-22(40-41-25)18-36-12-9-21-7-10-35-11-8-21)29-27(26)24(19-37-29)30(45)31(46)42-13-15-43(16-14-42)32(39-33)44(34)23-5-3-2-4-6-23;1-2-17-13-6-4-3-5-12(13)15-9-7-14(11-16)8-10-15;1-6(18)7-4-15-10-9(7)8(12)5-16-11(10)17(14)3-2-13/h2-8,10-11,17,19-20,32,36-37,39H,9,12-16,18,33-34H2,1H3,(H,40,41);3-6,11H,2,7-10H2,1H3;2-5,15H,13-14H2,1H3/b;;3-2-. The van der Waals surface area contributed by atoms with Crippen molar-refractivity contribution >= 4 is 62.9 Å². The van der Waals surface area contributed by atoms with Crippen molar-refractivity contribution in [3.8, 4) is 22.9 Å². The lowest BCUT2D eigenvalue weighted by atomic mass is 10.1. The third-order valence-corrected chi connectivity index (χ3v) is 13.8. The van der Waals surface area contributed by atoms with Crippen LogP contribution in [0.3, 0.4) is 0 Å². The number of H-pyrrole nitrogens is 3. The third kappa shape index (κ3) is 13.8. The number of fused-ring (bicyclic) bond motifs is 2. The molecule has 2 aliphatic heterocycles. The molecule has 2 amide bonds. The van der Waals surface area contributed by atoms with Crippen LogP contribution in [0.2, 0.25) is 0 Å². The van der Waals surface area contributed by atoms with E-state index in [-0.39, 0.29) is 28.1 Å². The lowest BCUT2D eigenvalue weighted by Gasteiger charge is -2.42. The summed E-state index contributed by atoms with van der Waals surface area (Å²) in [4.78, 5) is 75.3. The smallest absolute Gasteiger partial charge is 0.295 e. The maximum Gasteiger partial charge on any atom is 0.295 e. The number of para-hydroxylation sites is 3. The van der Waals surface area contributed by atoms with Crippen LogP contribution in [0.5, 0.6) is 11.5 Å². The first-order valence-corrected chi connectivity index (χ1v) is 26.4. The van der Waals surface area contributed by atoms with Crippen molar-refractivity contribution in [1.82, 2.24) is 60.6 Å². The van der Waals surface area contributed by atoms with Gasteiger partial charge in [-0.3, -0.25) is 50.0 Å². The van der Waals surface area contributed by atoms with Crippen LogP contribution < -0.4 is 58.4 Å². The number of nitrogens with one attached hydrogen (secondary N) is 5. The number of ether oxygens (including phenoxy) is 2. The first kappa shape index (κ1) is 58.8. The average molecular weight is 1120 g/mol. The minimum atomic E-state index is -0.639. The van der Waals surface area contributed by atoms with Gasteiger partial charge in [-0.25, -0.2) is 31.5 Å². The fourth-order valence-electron chi connectivity index (χ4n) is 9.55. The van der Waals surface area contributed by atoms with Gasteiger partial charge in [0, 0.05) is 107 Å². The Labute approximate surface area is 472 Å². The highest BCUT2D eigenvalue weighted by atomic mass is 19.1. The van der Waals surface area contributed by atoms with Crippen LogP contribution in [0.1, 0.15) is 45.8 Å². The molecule has 2 saturated heterocycles. The summed E-state index contributed by atoms with van der Waals surface area (Å²) in [5.74, 6) is 17.4. The first-order valence-electron chi connectivity index (χ1n) is 26.4. The lowest BCUT2D eigenvalue weighted by Crippen LogP contribution is -2.65. The van der Waals surface area contributed by atoms with E-state index in [1.165, 1.54) is 55.6 Å². The number of aromatic amines is 3. The number of carbonyl (C=O) groups excluding carboxylic acids is 4. The Bertz CT molecular complexity index is 3430. The number of amides is 2. The number of rotatable bonds is 20. The molecule has 430 valence electrons. The maximum atomic E-state index is 13.7. The van der Waals surface area contributed by atoms with E-state index < -0.39 is 23.8 Å². The molecule has 0 saturated carbocycles. The van der Waals surface area contributed by atoms with Gasteiger partial charge in [-0.2, -0.15) is 5.10 Å². The van der Waals surface area contributed by atoms with E-state index in [9.17, 15) is 23.6 Å². The van der Waals surface area contributed by atoms with E-state index in [1.807, 2.05) is 78.6 Å². The third-order valence-electron chi connectivity index (χ3n) is 13.8. The van der Waals surface area contributed by atoms with Gasteiger partial charge in [0.1, 0.15) is 22.9 Å². The molecule has 25 nitrogen and oxygen atoms in total. The monoisotopic (exact) mass is 1120 g/mol. The van der Waals surface area contributed by atoms with E-state index in [1.54, 1.807) is 22.2 Å². The molecule has 2 fully saturated rings. The summed E-state index contributed by atoms with van der Waals surface area (Å²) < 4.78 is 24.9. The quantitative estimate of drug-likeness (QED) is 0.0100. The number of hydrazine groups is 3. The Balaban J connectivity index is 0.000000204. The van der Waals surface area contributed by atoms with Crippen LogP contribution in [-0.4, -0.2) is 153 Å². The van der Waals surface area contributed by atoms with Crippen molar-refractivity contribution in [2.24, 2.45) is 23.3 Å². The molecule has 82 heavy (non-hydrogen) atoms. The molecule has 8 heterocycles. The van der Waals surface area contributed by atoms with Gasteiger partial charge in [0.05, 0.1) is 64.9 Å². The van der Waals surface area contributed by atoms with Crippen LogP contribution in [-0.2, 0) is 22.6 Å². The maximum absolute atomic E-state index is 13.7. The Kier molecular flexibility index (Phi) is 20.2. The second-order valence-electron chi connectivity index (χ2n) is 18.8. The number of nitrogens with zero attached hydrogens (tertiary/aromatic N) is 10. The molecule has 0 spiro atoms. The van der Waals surface area contributed by atoms with Crippen LogP contribution in [0.4, 0.5) is 21.6 Å². The highest BCUT2D eigenvalue weighted by Gasteiger charge is 2.33. The molecule has 2 aromatic carbocycles. The number of halogens is 1.